The molecular weight excluding hydrogens is 464 g/mol. The molecule has 196 valence electrons. The summed E-state index contributed by atoms with van der Waals surface area (Å²) in [6, 6.07) is 22.2. The van der Waals surface area contributed by atoms with Crippen LogP contribution in [0.1, 0.15) is 50.3 Å². The highest BCUT2D eigenvalue weighted by Gasteiger charge is 2.60. The average molecular weight is 503 g/mol. The summed E-state index contributed by atoms with van der Waals surface area (Å²) >= 11 is 0. The first kappa shape index (κ1) is 25.5. The zero-order valence-corrected chi connectivity index (χ0v) is 22.6. The zero-order valence-electron chi connectivity index (χ0n) is 22.6. The van der Waals surface area contributed by atoms with Gasteiger partial charge in [0.15, 0.2) is 0 Å². The van der Waals surface area contributed by atoms with Crippen LogP contribution in [0.25, 0.3) is 0 Å². The predicted octanol–water partition coefficient (Wildman–Crippen LogP) is 7.00. The van der Waals surface area contributed by atoms with Gasteiger partial charge in [-0.3, -0.25) is 0 Å². The average Bonchev–Trinajstić information content (AvgIpc) is 3.41. The van der Waals surface area contributed by atoms with Crippen LogP contribution in [0.15, 0.2) is 66.7 Å². The Hall–Kier alpha value is -3.18. The second kappa shape index (κ2) is 10.3. The lowest BCUT2D eigenvalue weighted by Gasteiger charge is -2.39. The highest BCUT2D eigenvalue weighted by atomic mass is 16.5. The minimum atomic E-state index is -0.0784. The van der Waals surface area contributed by atoms with E-state index in [4.69, 9.17) is 23.7 Å². The Morgan fingerprint density at radius 2 is 1.32 bits per heavy atom. The minimum absolute atomic E-state index is 0.0784. The molecule has 0 radical (unpaired) electrons. The molecule has 37 heavy (non-hydrogen) atoms. The predicted molar refractivity (Wildman–Crippen MR) is 145 cm³/mol. The lowest BCUT2D eigenvalue weighted by Crippen LogP contribution is -2.41. The van der Waals surface area contributed by atoms with Crippen LogP contribution in [-0.2, 0) is 24.4 Å². The quantitative estimate of drug-likeness (QED) is 0.299. The van der Waals surface area contributed by atoms with Crippen molar-refractivity contribution in [2.24, 2.45) is 11.3 Å². The molecule has 2 heterocycles. The Morgan fingerprint density at radius 1 is 0.757 bits per heavy atom. The maximum Gasteiger partial charge on any atom is 0.126 e. The summed E-state index contributed by atoms with van der Waals surface area (Å²) in [4.78, 5) is 0. The lowest BCUT2D eigenvalue weighted by molar-refractivity contribution is 0.00592. The van der Waals surface area contributed by atoms with Crippen molar-refractivity contribution in [1.82, 2.24) is 0 Å². The molecule has 2 fully saturated rings. The van der Waals surface area contributed by atoms with Crippen molar-refractivity contribution in [3.63, 3.8) is 0 Å². The number of ether oxygens (including phenoxy) is 5. The molecule has 2 aliphatic rings. The Bertz CT molecular complexity index is 1200. The fourth-order valence-corrected chi connectivity index (χ4v) is 6.05. The summed E-state index contributed by atoms with van der Waals surface area (Å²) < 4.78 is 29.6. The molecule has 2 bridgehead atoms. The monoisotopic (exact) mass is 502 g/mol. The fraction of sp³-hybridized carbons (Fsp3) is 0.438. The zero-order chi connectivity index (χ0) is 26.0. The molecule has 5 rings (SSSR count). The summed E-state index contributed by atoms with van der Waals surface area (Å²) in [6.07, 6.45) is 3.52. The van der Waals surface area contributed by atoms with Crippen LogP contribution in [0.4, 0.5) is 0 Å². The third-order valence-corrected chi connectivity index (χ3v) is 8.36. The molecule has 2 aliphatic heterocycles. The summed E-state index contributed by atoms with van der Waals surface area (Å²) in [7, 11) is 3.35. The molecule has 0 aliphatic carbocycles. The van der Waals surface area contributed by atoms with E-state index in [1.165, 1.54) is 5.56 Å². The van der Waals surface area contributed by atoms with Crippen molar-refractivity contribution < 1.29 is 23.7 Å². The van der Waals surface area contributed by atoms with Crippen molar-refractivity contribution in [2.45, 2.75) is 65.0 Å². The standard InChI is InChI=1S/C32H38O5/c1-31(2)29(32(3)17-16-30(31)37-32)18-24-10-15-27(35-20-22-6-11-25(33-4)12-7-22)19-28(24)36-21-23-8-13-26(34-5)14-9-23/h6-15,19,29-30H,16-18,20-21H2,1-5H3/t29-,30-,32+/m1/s1. The van der Waals surface area contributed by atoms with Crippen molar-refractivity contribution in [3.8, 4) is 23.0 Å². The molecule has 0 unspecified atom stereocenters. The van der Waals surface area contributed by atoms with Gasteiger partial charge in [0.2, 0.25) is 0 Å². The molecular formula is C32H38O5. The van der Waals surface area contributed by atoms with Crippen molar-refractivity contribution >= 4 is 0 Å². The van der Waals surface area contributed by atoms with Crippen LogP contribution in [0.3, 0.4) is 0 Å². The largest absolute Gasteiger partial charge is 0.497 e. The molecule has 0 saturated carbocycles. The van der Waals surface area contributed by atoms with E-state index in [0.29, 0.717) is 25.2 Å². The molecule has 0 spiro atoms. The molecule has 3 aromatic carbocycles. The van der Waals surface area contributed by atoms with E-state index in [2.05, 4.69) is 32.9 Å². The number of benzene rings is 3. The second-order valence-corrected chi connectivity index (χ2v) is 11.1. The Balaban J connectivity index is 1.36. The number of rotatable bonds is 10. The molecule has 5 nitrogen and oxygen atoms in total. The summed E-state index contributed by atoms with van der Waals surface area (Å²) in [6.45, 7) is 7.96. The normalized spacial score (nSPS) is 23.6. The molecule has 0 amide bonds. The summed E-state index contributed by atoms with van der Waals surface area (Å²) in [5.74, 6) is 3.76. The van der Waals surface area contributed by atoms with Gasteiger partial charge < -0.3 is 23.7 Å². The molecule has 0 N–H and O–H groups in total. The van der Waals surface area contributed by atoms with E-state index >= 15 is 0 Å². The Morgan fingerprint density at radius 3 is 1.86 bits per heavy atom. The molecule has 3 aromatic rings. The van der Waals surface area contributed by atoms with Gasteiger partial charge in [-0.05, 0) is 84.5 Å². The lowest BCUT2D eigenvalue weighted by atomic mass is 9.62. The van der Waals surface area contributed by atoms with Crippen molar-refractivity contribution in [3.05, 3.63) is 83.4 Å². The maximum absolute atomic E-state index is 6.49. The molecule has 3 atom stereocenters. The first-order chi connectivity index (χ1) is 17.8. The minimum Gasteiger partial charge on any atom is -0.497 e. The van der Waals surface area contributed by atoms with E-state index in [0.717, 1.165) is 53.4 Å². The van der Waals surface area contributed by atoms with Crippen LogP contribution in [0.2, 0.25) is 0 Å². The van der Waals surface area contributed by atoms with Gasteiger partial charge >= 0.3 is 0 Å². The smallest absolute Gasteiger partial charge is 0.126 e. The van der Waals surface area contributed by atoms with E-state index in [1.54, 1.807) is 14.2 Å². The first-order valence-corrected chi connectivity index (χ1v) is 13.1. The highest BCUT2D eigenvalue weighted by Crippen LogP contribution is 2.58. The first-order valence-electron chi connectivity index (χ1n) is 13.1. The van der Waals surface area contributed by atoms with Gasteiger partial charge in [-0.2, -0.15) is 0 Å². The Kier molecular flexibility index (Phi) is 7.09. The van der Waals surface area contributed by atoms with E-state index in [-0.39, 0.29) is 11.0 Å². The summed E-state index contributed by atoms with van der Waals surface area (Å²) in [5.41, 5.74) is 3.42. The SMILES string of the molecule is COc1ccc(COc2ccc(C[C@@H]3C(C)(C)[C@H]4CC[C@]3(C)O4)c(OCc3ccc(OC)cc3)c2)cc1. The number of fused-ring (bicyclic) bond motifs is 2. The van der Waals surface area contributed by atoms with Gasteiger partial charge in [0.25, 0.3) is 0 Å². The van der Waals surface area contributed by atoms with Crippen LogP contribution in [0, 0.1) is 11.3 Å². The van der Waals surface area contributed by atoms with Gasteiger partial charge in [-0.15, -0.1) is 0 Å². The van der Waals surface area contributed by atoms with Gasteiger partial charge in [-0.25, -0.2) is 0 Å². The number of hydrogen-bond donors (Lipinski definition) is 0. The van der Waals surface area contributed by atoms with E-state index in [9.17, 15) is 0 Å². The molecule has 5 heteroatoms. The maximum atomic E-state index is 6.49. The highest BCUT2D eigenvalue weighted by molar-refractivity contribution is 5.42. The number of methoxy groups -OCH3 is 2. The summed E-state index contributed by atoms with van der Waals surface area (Å²) in [5, 5.41) is 0. The van der Waals surface area contributed by atoms with E-state index < -0.39 is 0 Å². The van der Waals surface area contributed by atoms with Gasteiger partial charge in [0.05, 0.1) is 25.9 Å². The number of hydrogen-bond acceptors (Lipinski definition) is 5. The topological polar surface area (TPSA) is 46.2 Å². The van der Waals surface area contributed by atoms with Crippen LogP contribution < -0.4 is 18.9 Å². The van der Waals surface area contributed by atoms with Crippen molar-refractivity contribution in [1.29, 1.82) is 0 Å². The van der Waals surface area contributed by atoms with Gasteiger partial charge in [0, 0.05) is 6.07 Å². The fourth-order valence-electron chi connectivity index (χ4n) is 6.05. The van der Waals surface area contributed by atoms with Crippen LogP contribution >= 0.6 is 0 Å². The van der Waals surface area contributed by atoms with Gasteiger partial charge in [-0.1, -0.05) is 44.2 Å². The Labute approximate surface area is 220 Å². The van der Waals surface area contributed by atoms with Gasteiger partial charge in [0.1, 0.15) is 36.2 Å². The van der Waals surface area contributed by atoms with Crippen LogP contribution in [-0.4, -0.2) is 25.9 Å². The van der Waals surface area contributed by atoms with E-state index in [1.807, 2.05) is 54.6 Å². The molecule has 0 aromatic heterocycles. The van der Waals surface area contributed by atoms with Crippen LogP contribution in [0.5, 0.6) is 23.0 Å². The second-order valence-electron chi connectivity index (χ2n) is 11.1. The third kappa shape index (κ3) is 5.28. The van der Waals surface area contributed by atoms with Crippen molar-refractivity contribution in [2.75, 3.05) is 14.2 Å². The molecule has 2 saturated heterocycles. The third-order valence-electron chi connectivity index (χ3n) is 8.36.